The van der Waals surface area contributed by atoms with E-state index in [1.54, 1.807) is 24.3 Å². The molecule has 0 heterocycles. The highest BCUT2D eigenvalue weighted by atomic mass is 16.5. The standard InChI is InChI=1S/C12H13NO3/c13-7-8-1-3-10(4-2-8)16-11-5-9(6-11)12(14)15/h1-4,9,11-12,14-15H,5-6H2. The van der Waals surface area contributed by atoms with Gasteiger partial charge in [-0.3, -0.25) is 0 Å². The Bertz CT molecular complexity index is 388. The lowest BCUT2D eigenvalue weighted by atomic mass is 9.82. The molecule has 0 radical (unpaired) electrons. The highest BCUT2D eigenvalue weighted by Gasteiger charge is 2.35. The van der Waals surface area contributed by atoms with Gasteiger partial charge >= 0.3 is 0 Å². The van der Waals surface area contributed by atoms with Crippen LogP contribution in [0.25, 0.3) is 0 Å². The molecule has 1 aromatic rings. The minimum atomic E-state index is -1.24. The molecule has 0 aliphatic heterocycles. The fourth-order valence-corrected chi connectivity index (χ4v) is 1.75. The molecule has 1 fully saturated rings. The normalized spacial score (nSPS) is 23.6. The van der Waals surface area contributed by atoms with Gasteiger partial charge in [0.05, 0.1) is 17.7 Å². The fraction of sp³-hybridized carbons (Fsp3) is 0.417. The van der Waals surface area contributed by atoms with E-state index in [1.165, 1.54) is 0 Å². The number of ether oxygens (including phenoxy) is 1. The summed E-state index contributed by atoms with van der Waals surface area (Å²) in [6.07, 6.45) is 0.149. The summed E-state index contributed by atoms with van der Waals surface area (Å²) in [5.74, 6) is 0.651. The van der Waals surface area contributed by atoms with Crippen LogP contribution in [0.5, 0.6) is 5.75 Å². The second-order valence-electron chi connectivity index (χ2n) is 4.02. The summed E-state index contributed by atoms with van der Waals surface area (Å²) in [5, 5.41) is 26.4. The minimum Gasteiger partial charge on any atom is -0.490 e. The van der Waals surface area contributed by atoms with Gasteiger partial charge in [0.15, 0.2) is 6.29 Å². The van der Waals surface area contributed by atoms with Crippen molar-refractivity contribution in [3.63, 3.8) is 0 Å². The topological polar surface area (TPSA) is 73.5 Å². The summed E-state index contributed by atoms with van der Waals surface area (Å²) in [6.45, 7) is 0. The molecule has 4 nitrogen and oxygen atoms in total. The van der Waals surface area contributed by atoms with E-state index in [4.69, 9.17) is 20.2 Å². The van der Waals surface area contributed by atoms with E-state index in [1.807, 2.05) is 6.07 Å². The van der Waals surface area contributed by atoms with Crippen molar-refractivity contribution >= 4 is 0 Å². The van der Waals surface area contributed by atoms with Gasteiger partial charge in [0.25, 0.3) is 0 Å². The molecule has 4 heteroatoms. The zero-order valence-corrected chi connectivity index (χ0v) is 8.71. The second kappa shape index (κ2) is 4.52. The van der Waals surface area contributed by atoms with Gasteiger partial charge < -0.3 is 14.9 Å². The highest BCUT2D eigenvalue weighted by Crippen LogP contribution is 2.33. The highest BCUT2D eigenvalue weighted by molar-refractivity contribution is 5.34. The molecule has 2 N–H and O–H groups in total. The van der Waals surface area contributed by atoms with Crippen LogP contribution in [0.2, 0.25) is 0 Å². The minimum absolute atomic E-state index is 0.0553. The van der Waals surface area contributed by atoms with Gasteiger partial charge in [-0.25, -0.2) is 0 Å². The van der Waals surface area contributed by atoms with Crippen molar-refractivity contribution in [1.29, 1.82) is 5.26 Å². The number of nitriles is 1. The number of hydrogen-bond acceptors (Lipinski definition) is 4. The first kappa shape index (κ1) is 10.9. The summed E-state index contributed by atoms with van der Waals surface area (Å²) < 4.78 is 5.60. The van der Waals surface area contributed by atoms with Gasteiger partial charge in [0.2, 0.25) is 0 Å². The molecule has 1 aliphatic carbocycles. The Balaban J connectivity index is 1.85. The van der Waals surface area contributed by atoms with Gasteiger partial charge in [-0.2, -0.15) is 5.26 Å². The number of nitrogens with zero attached hydrogens (tertiary/aromatic N) is 1. The van der Waals surface area contributed by atoms with Crippen LogP contribution in [0, 0.1) is 17.2 Å². The predicted molar refractivity (Wildman–Crippen MR) is 56.5 cm³/mol. The molecular formula is C12H13NO3. The average Bonchev–Trinajstić information content (AvgIpc) is 2.23. The molecule has 1 saturated carbocycles. The summed E-state index contributed by atoms with van der Waals surface area (Å²) in [5.41, 5.74) is 0.601. The fourth-order valence-electron chi connectivity index (χ4n) is 1.75. The second-order valence-corrected chi connectivity index (χ2v) is 4.02. The molecule has 0 spiro atoms. The monoisotopic (exact) mass is 219 g/mol. The maximum Gasteiger partial charge on any atom is 0.154 e. The number of benzene rings is 1. The van der Waals surface area contributed by atoms with E-state index in [2.05, 4.69) is 0 Å². The Kier molecular flexibility index (Phi) is 3.09. The predicted octanol–water partition coefficient (Wildman–Crippen LogP) is 1.03. The molecule has 1 aromatic carbocycles. The molecule has 0 unspecified atom stereocenters. The van der Waals surface area contributed by atoms with Crippen LogP contribution < -0.4 is 4.74 Å². The van der Waals surface area contributed by atoms with E-state index in [0.29, 0.717) is 18.4 Å². The Morgan fingerprint density at radius 1 is 1.25 bits per heavy atom. The van der Waals surface area contributed by atoms with Gasteiger partial charge in [-0.15, -0.1) is 0 Å². The third-order valence-electron chi connectivity index (χ3n) is 2.84. The van der Waals surface area contributed by atoms with Crippen LogP contribution in [-0.2, 0) is 0 Å². The molecule has 1 aliphatic rings. The summed E-state index contributed by atoms with van der Waals surface area (Å²) in [4.78, 5) is 0. The number of aliphatic hydroxyl groups excluding tert-OH is 1. The van der Waals surface area contributed by atoms with Crippen molar-refractivity contribution in [3.8, 4) is 11.8 Å². The van der Waals surface area contributed by atoms with Crippen LogP contribution in [0.3, 0.4) is 0 Å². The average molecular weight is 219 g/mol. The molecule has 84 valence electrons. The van der Waals surface area contributed by atoms with Crippen molar-refractivity contribution in [3.05, 3.63) is 29.8 Å². The van der Waals surface area contributed by atoms with E-state index in [-0.39, 0.29) is 12.0 Å². The number of rotatable bonds is 3. The van der Waals surface area contributed by atoms with Crippen LogP contribution in [0.4, 0.5) is 0 Å². The molecule has 0 bridgehead atoms. The molecule has 2 rings (SSSR count). The zero-order valence-electron chi connectivity index (χ0n) is 8.71. The van der Waals surface area contributed by atoms with Gasteiger partial charge in [0, 0.05) is 5.92 Å². The lowest BCUT2D eigenvalue weighted by Crippen LogP contribution is -2.40. The van der Waals surface area contributed by atoms with Crippen molar-refractivity contribution in [2.45, 2.75) is 25.2 Å². The van der Waals surface area contributed by atoms with E-state index in [0.717, 1.165) is 5.75 Å². The summed E-state index contributed by atoms with van der Waals surface area (Å²) in [6, 6.07) is 8.94. The quantitative estimate of drug-likeness (QED) is 0.744. The first-order valence-electron chi connectivity index (χ1n) is 5.22. The Hall–Kier alpha value is -1.57. The lowest BCUT2D eigenvalue weighted by Gasteiger charge is -2.36. The van der Waals surface area contributed by atoms with Crippen LogP contribution in [0.1, 0.15) is 18.4 Å². The Morgan fingerprint density at radius 2 is 1.88 bits per heavy atom. The Morgan fingerprint density at radius 3 is 2.38 bits per heavy atom. The summed E-state index contributed by atoms with van der Waals surface area (Å²) >= 11 is 0. The van der Waals surface area contributed by atoms with Crippen LogP contribution >= 0.6 is 0 Å². The van der Waals surface area contributed by atoms with Crippen LogP contribution in [-0.4, -0.2) is 22.6 Å². The van der Waals surface area contributed by atoms with E-state index >= 15 is 0 Å². The number of hydrogen-bond donors (Lipinski definition) is 2. The van der Waals surface area contributed by atoms with Gasteiger partial charge in [-0.05, 0) is 37.1 Å². The van der Waals surface area contributed by atoms with E-state index in [9.17, 15) is 0 Å². The van der Waals surface area contributed by atoms with Crippen molar-refractivity contribution in [1.82, 2.24) is 0 Å². The first-order valence-corrected chi connectivity index (χ1v) is 5.22. The molecule has 16 heavy (non-hydrogen) atoms. The first-order chi connectivity index (χ1) is 7.69. The van der Waals surface area contributed by atoms with Crippen molar-refractivity contribution in [2.75, 3.05) is 0 Å². The maximum absolute atomic E-state index is 8.89. The van der Waals surface area contributed by atoms with Crippen molar-refractivity contribution < 1.29 is 14.9 Å². The van der Waals surface area contributed by atoms with Crippen molar-refractivity contribution in [2.24, 2.45) is 5.92 Å². The third-order valence-corrected chi connectivity index (χ3v) is 2.84. The van der Waals surface area contributed by atoms with Crippen LogP contribution in [0.15, 0.2) is 24.3 Å². The largest absolute Gasteiger partial charge is 0.490 e. The summed E-state index contributed by atoms with van der Waals surface area (Å²) in [7, 11) is 0. The van der Waals surface area contributed by atoms with Gasteiger partial charge in [-0.1, -0.05) is 0 Å². The molecule has 0 saturated heterocycles. The van der Waals surface area contributed by atoms with Gasteiger partial charge in [0.1, 0.15) is 5.75 Å². The molecule has 0 amide bonds. The smallest absolute Gasteiger partial charge is 0.154 e. The third kappa shape index (κ3) is 2.32. The molecule has 0 atom stereocenters. The Labute approximate surface area is 93.7 Å². The SMILES string of the molecule is N#Cc1ccc(OC2CC(C(O)O)C2)cc1. The van der Waals surface area contributed by atoms with E-state index < -0.39 is 6.29 Å². The molecular weight excluding hydrogens is 206 g/mol. The maximum atomic E-state index is 8.89. The lowest BCUT2D eigenvalue weighted by molar-refractivity contribution is -0.131. The molecule has 0 aromatic heterocycles. The number of aliphatic hydroxyl groups is 2. The zero-order chi connectivity index (χ0) is 11.5.